The number of ether oxygens (including phenoxy) is 1. The minimum atomic E-state index is -0.251. The number of rotatable bonds is 4. The molecule has 0 aliphatic rings. The second-order valence-corrected chi connectivity index (χ2v) is 6.51. The van der Waals surface area contributed by atoms with E-state index in [1.165, 1.54) is 6.26 Å². The second kappa shape index (κ2) is 9.58. The summed E-state index contributed by atoms with van der Waals surface area (Å²) in [5, 5.41) is 3.38. The fourth-order valence-electron chi connectivity index (χ4n) is 2.29. The number of oxazole rings is 1. The summed E-state index contributed by atoms with van der Waals surface area (Å²) in [7, 11) is 1.57. The van der Waals surface area contributed by atoms with E-state index < -0.39 is 0 Å². The van der Waals surface area contributed by atoms with Crippen LogP contribution in [-0.4, -0.2) is 18.0 Å². The van der Waals surface area contributed by atoms with Gasteiger partial charge in [0.25, 0.3) is 5.91 Å². The lowest BCUT2D eigenvalue weighted by atomic mass is 10.1. The van der Waals surface area contributed by atoms with Crippen LogP contribution in [0.5, 0.6) is 5.75 Å². The van der Waals surface area contributed by atoms with Gasteiger partial charge in [0.1, 0.15) is 17.7 Å². The van der Waals surface area contributed by atoms with Gasteiger partial charge >= 0.3 is 0 Å². The molecule has 1 aromatic heterocycles. The van der Waals surface area contributed by atoms with Crippen LogP contribution in [0.1, 0.15) is 30.1 Å². The van der Waals surface area contributed by atoms with Gasteiger partial charge in [0.05, 0.1) is 17.7 Å². The van der Waals surface area contributed by atoms with Crippen LogP contribution < -0.4 is 10.1 Å². The standard InChI is InChI=1S/C18H14BrClN2O3.C2H6/c1-10-21-17(9-25-10)14-7-11(3-6-16(14)20)22-18(23)13-5-4-12(24-2)8-15(13)19;1-2/h3-9H,1-2H3,(H,22,23);1-2H3. The zero-order valence-electron chi connectivity index (χ0n) is 15.5. The van der Waals surface area contributed by atoms with Crippen LogP contribution in [-0.2, 0) is 0 Å². The molecule has 7 heteroatoms. The lowest BCUT2D eigenvalue weighted by Gasteiger charge is -2.10. The quantitative estimate of drug-likeness (QED) is 0.502. The Hall–Kier alpha value is -2.31. The molecule has 3 aromatic rings. The van der Waals surface area contributed by atoms with Gasteiger partial charge in [-0.05, 0) is 52.3 Å². The summed E-state index contributed by atoms with van der Waals surface area (Å²) >= 11 is 9.62. The van der Waals surface area contributed by atoms with Crippen molar-refractivity contribution in [2.75, 3.05) is 12.4 Å². The Kier molecular flexibility index (Phi) is 7.45. The Labute approximate surface area is 171 Å². The highest BCUT2D eigenvalue weighted by Crippen LogP contribution is 2.31. The normalized spacial score (nSPS) is 10.0. The summed E-state index contributed by atoms with van der Waals surface area (Å²) in [6.07, 6.45) is 1.53. The van der Waals surface area contributed by atoms with Crippen molar-refractivity contribution in [3.05, 3.63) is 63.6 Å². The number of nitrogens with one attached hydrogen (secondary N) is 1. The molecule has 3 rings (SSSR count). The highest BCUT2D eigenvalue weighted by molar-refractivity contribution is 9.10. The molecule has 0 aliphatic carbocycles. The molecule has 1 N–H and O–H groups in total. The van der Waals surface area contributed by atoms with E-state index in [4.69, 9.17) is 20.8 Å². The van der Waals surface area contributed by atoms with Gasteiger partial charge in [0, 0.05) is 22.6 Å². The van der Waals surface area contributed by atoms with E-state index >= 15 is 0 Å². The molecule has 27 heavy (non-hydrogen) atoms. The number of aryl methyl sites for hydroxylation is 1. The molecule has 142 valence electrons. The Balaban J connectivity index is 0.00000126. The molecule has 0 unspecified atom stereocenters. The third kappa shape index (κ3) is 5.11. The van der Waals surface area contributed by atoms with E-state index in [0.717, 1.165) is 0 Å². The van der Waals surface area contributed by atoms with Crippen LogP contribution in [0.2, 0.25) is 5.02 Å². The Morgan fingerprint density at radius 1 is 1.22 bits per heavy atom. The van der Waals surface area contributed by atoms with Crippen LogP contribution in [0, 0.1) is 6.92 Å². The molecular weight excluding hydrogens is 432 g/mol. The number of carbonyl (C=O) groups is 1. The molecule has 1 amide bonds. The molecular formula is C20H20BrClN2O3. The maximum Gasteiger partial charge on any atom is 0.256 e. The highest BCUT2D eigenvalue weighted by Gasteiger charge is 2.14. The van der Waals surface area contributed by atoms with Gasteiger partial charge in [-0.2, -0.15) is 0 Å². The van der Waals surface area contributed by atoms with Crippen molar-refractivity contribution in [2.24, 2.45) is 0 Å². The van der Waals surface area contributed by atoms with E-state index in [1.807, 2.05) is 13.8 Å². The molecule has 0 atom stereocenters. The van der Waals surface area contributed by atoms with Crippen molar-refractivity contribution >= 4 is 39.1 Å². The first-order valence-corrected chi connectivity index (χ1v) is 9.52. The molecule has 0 saturated heterocycles. The minimum absolute atomic E-state index is 0.251. The number of amides is 1. The topological polar surface area (TPSA) is 64.4 Å². The number of nitrogens with zero attached hydrogens (tertiary/aromatic N) is 1. The van der Waals surface area contributed by atoms with Crippen LogP contribution in [0.25, 0.3) is 11.3 Å². The lowest BCUT2D eigenvalue weighted by Crippen LogP contribution is -2.12. The number of hydrogen-bond acceptors (Lipinski definition) is 4. The number of hydrogen-bond donors (Lipinski definition) is 1. The highest BCUT2D eigenvalue weighted by atomic mass is 79.9. The first-order chi connectivity index (χ1) is 13.0. The number of benzene rings is 2. The monoisotopic (exact) mass is 450 g/mol. The Morgan fingerprint density at radius 3 is 2.56 bits per heavy atom. The van der Waals surface area contributed by atoms with Crippen LogP contribution in [0.3, 0.4) is 0 Å². The lowest BCUT2D eigenvalue weighted by molar-refractivity contribution is 0.102. The average Bonchev–Trinajstić information content (AvgIpc) is 3.10. The van der Waals surface area contributed by atoms with Gasteiger partial charge in [-0.15, -0.1) is 0 Å². The number of anilines is 1. The van der Waals surface area contributed by atoms with Crippen molar-refractivity contribution in [3.8, 4) is 17.0 Å². The van der Waals surface area contributed by atoms with Gasteiger partial charge in [0.2, 0.25) is 0 Å². The van der Waals surface area contributed by atoms with Crippen molar-refractivity contribution < 1.29 is 13.9 Å². The Morgan fingerprint density at radius 2 is 1.96 bits per heavy atom. The maximum absolute atomic E-state index is 12.5. The molecule has 0 saturated carbocycles. The van der Waals surface area contributed by atoms with Crippen molar-refractivity contribution in [3.63, 3.8) is 0 Å². The molecule has 2 aromatic carbocycles. The molecule has 0 bridgehead atoms. The zero-order chi connectivity index (χ0) is 20.0. The Bertz CT molecular complexity index is 941. The molecule has 0 radical (unpaired) electrons. The summed E-state index contributed by atoms with van der Waals surface area (Å²) in [5.74, 6) is 0.959. The number of carbonyl (C=O) groups excluding carboxylic acids is 1. The minimum Gasteiger partial charge on any atom is -0.497 e. The predicted molar refractivity (Wildman–Crippen MR) is 112 cm³/mol. The van der Waals surface area contributed by atoms with Crippen molar-refractivity contribution in [1.29, 1.82) is 0 Å². The van der Waals surface area contributed by atoms with E-state index in [-0.39, 0.29) is 5.91 Å². The fraction of sp³-hybridized carbons (Fsp3) is 0.200. The van der Waals surface area contributed by atoms with E-state index in [2.05, 4.69) is 26.2 Å². The number of halogens is 2. The van der Waals surface area contributed by atoms with Gasteiger partial charge in [-0.3, -0.25) is 4.79 Å². The van der Waals surface area contributed by atoms with E-state index in [0.29, 0.717) is 43.6 Å². The molecule has 0 spiro atoms. The third-order valence-corrected chi connectivity index (χ3v) is 4.53. The molecule has 0 fully saturated rings. The van der Waals surface area contributed by atoms with E-state index in [9.17, 15) is 4.79 Å². The summed E-state index contributed by atoms with van der Waals surface area (Å²) in [5.41, 5.74) is 2.40. The first kappa shape index (κ1) is 21.0. The zero-order valence-corrected chi connectivity index (χ0v) is 17.8. The van der Waals surface area contributed by atoms with E-state index in [1.54, 1.807) is 50.4 Å². The number of aromatic nitrogens is 1. The van der Waals surface area contributed by atoms with Gasteiger partial charge < -0.3 is 14.5 Å². The SMILES string of the molecule is CC.COc1ccc(C(=O)Nc2ccc(Cl)c(-c3coc(C)n3)c2)c(Br)c1. The largest absolute Gasteiger partial charge is 0.497 e. The maximum atomic E-state index is 12.5. The van der Waals surface area contributed by atoms with Crippen molar-refractivity contribution in [1.82, 2.24) is 4.98 Å². The van der Waals surface area contributed by atoms with Gasteiger partial charge in [-0.25, -0.2) is 4.98 Å². The van der Waals surface area contributed by atoms with Crippen LogP contribution in [0.4, 0.5) is 5.69 Å². The molecule has 0 aliphatic heterocycles. The van der Waals surface area contributed by atoms with Gasteiger partial charge in [-0.1, -0.05) is 25.4 Å². The molecule has 5 nitrogen and oxygen atoms in total. The van der Waals surface area contributed by atoms with Crippen LogP contribution >= 0.6 is 27.5 Å². The summed E-state index contributed by atoms with van der Waals surface area (Å²) in [6, 6.07) is 10.4. The third-order valence-electron chi connectivity index (χ3n) is 3.54. The van der Waals surface area contributed by atoms with Crippen molar-refractivity contribution in [2.45, 2.75) is 20.8 Å². The summed E-state index contributed by atoms with van der Waals surface area (Å²) in [6.45, 7) is 5.75. The fourth-order valence-corrected chi connectivity index (χ4v) is 3.04. The van der Waals surface area contributed by atoms with Crippen LogP contribution in [0.15, 0.2) is 51.6 Å². The average molecular weight is 452 g/mol. The summed E-state index contributed by atoms with van der Waals surface area (Å²) in [4.78, 5) is 16.8. The second-order valence-electron chi connectivity index (χ2n) is 5.25. The predicted octanol–water partition coefficient (Wildman–Crippen LogP) is 6.35. The summed E-state index contributed by atoms with van der Waals surface area (Å²) < 4.78 is 11.0. The molecule has 1 heterocycles. The number of methoxy groups -OCH3 is 1. The smallest absolute Gasteiger partial charge is 0.256 e. The van der Waals surface area contributed by atoms with Gasteiger partial charge in [0.15, 0.2) is 5.89 Å². The first-order valence-electron chi connectivity index (χ1n) is 8.35.